The average molecular weight is 437 g/mol. The number of para-hydroxylation sites is 1. The predicted octanol–water partition coefficient (Wildman–Crippen LogP) is 5.54. The number of hydrogen-bond acceptors (Lipinski definition) is 7. The highest BCUT2D eigenvalue weighted by Crippen LogP contribution is 2.31. The third-order valence-electron chi connectivity index (χ3n) is 4.23. The summed E-state index contributed by atoms with van der Waals surface area (Å²) in [5, 5.41) is 16.9. The van der Waals surface area contributed by atoms with Gasteiger partial charge in [-0.05, 0) is 48.4 Å². The molecule has 4 aromatic rings. The first-order chi connectivity index (χ1) is 14.5. The number of aromatic nitrogens is 2. The zero-order valence-electron chi connectivity index (χ0n) is 15.9. The molecule has 0 radical (unpaired) electrons. The molecule has 0 aliphatic heterocycles. The molecule has 2 aromatic heterocycles. The van der Waals surface area contributed by atoms with E-state index in [1.54, 1.807) is 12.1 Å². The summed E-state index contributed by atoms with van der Waals surface area (Å²) in [4.78, 5) is 32.1. The van der Waals surface area contributed by atoms with Crippen LogP contribution in [0.4, 0.5) is 10.8 Å². The Balaban J connectivity index is 1.66. The van der Waals surface area contributed by atoms with Crippen LogP contribution in [0, 0.1) is 17.0 Å². The lowest BCUT2D eigenvalue weighted by Crippen LogP contribution is -2.11. The van der Waals surface area contributed by atoms with Gasteiger partial charge >= 0.3 is 0 Å². The van der Waals surface area contributed by atoms with Gasteiger partial charge in [-0.15, -0.1) is 22.7 Å². The van der Waals surface area contributed by atoms with Crippen LogP contribution in [0.25, 0.3) is 21.9 Å². The first-order valence-electron chi connectivity index (χ1n) is 9.01. The topological polar surface area (TPSA) is 98.0 Å². The molecule has 2 aromatic carbocycles. The third-order valence-corrected chi connectivity index (χ3v) is 6.22. The van der Waals surface area contributed by atoms with Crippen molar-refractivity contribution in [3.8, 4) is 0 Å². The van der Waals surface area contributed by atoms with Crippen LogP contribution in [0.2, 0.25) is 0 Å². The largest absolute Gasteiger partial charge is 0.302 e. The van der Waals surface area contributed by atoms with Crippen LogP contribution in [-0.4, -0.2) is 20.8 Å². The molecular formula is C21H16N4O3S2. The molecule has 150 valence electrons. The molecule has 0 saturated heterocycles. The highest BCUT2D eigenvalue weighted by atomic mass is 32.1. The van der Waals surface area contributed by atoms with Gasteiger partial charge in [-0.3, -0.25) is 14.9 Å². The molecule has 0 saturated carbocycles. The van der Waals surface area contributed by atoms with E-state index in [-0.39, 0.29) is 18.0 Å². The monoisotopic (exact) mass is 436 g/mol. The molecule has 2 heterocycles. The van der Waals surface area contributed by atoms with Crippen LogP contribution < -0.4 is 5.32 Å². The van der Waals surface area contributed by atoms with Crippen LogP contribution in [0.5, 0.6) is 0 Å². The van der Waals surface area contributed by atoms with Gasteiger partial charge in [0.25, 0.3) is 5.69 Å². The quantitative estimate of drug-likeness (QED) is 0.316. The van der Waals surface area contributed by atoms with E-state index in [4.69, 9.17) is 0 Å². The lowest BCUT2D eigenvalue weighted by atomic mass is 10.1. The minimum atomic E-state index is -0.439. The number of nitrogens with zero attached hydrogens (tertiary/aromatic N) is 3. The van der Waals surface area contributed by atoms with Crippen LogP contribution in [0.15, 0.2) is 53.9 Å². The number of carbonyl (C=O) groups is 1. The molecule has 1 amide bonds. The minimum absolute atomic E-state index is 0.0190. The van der Waals surface area contributed by atoms with Crippen molar-refractivity contribution >= 4 is 61.3 Å². The molecule has 30 heavy (non-hydrogen) atoms. The third kappa shape index (κ3) is 4.58. The lowest BCUT2D eigenvalue weighted by molar-refractivity contribution is -0.384. The first kappa shape index (κ1) is 19.9. The molecule has 4 rings (SSSR count). The van der Waals surface area contributed by atoms with Crippen LogP contribution in [-0.2, 0) is 4.79 Å². The summed E-state index contributed by atoms with van der Waals surface area (Å²) in [6.45, 7) is 1.87. The zero-order valence-corrected chi connectivity index (χ0v) is 17.5. The maximum atomic E-state index is 12.7. The Kier molecular flexibility index (Phi) is 5.64. The second-order valence-electron chi connectivity index (χ2n) is 6.52. The minimum Gasteiger partial charge on any atom is -0.302 e. The number of rotatable bonds is 6. The van der Waals surface area contributed by atoms with E-state index in [1.165, 1.54) is 34.8 Å². The number of nitro groups is 1. The van der Waals surface area contributed by atoms with E-state index in [0.29, 0.717) is 5.13 Å². The van der Waals surface area contributed by atoms with Gasteiger partial charge in [-0.2, -0.15) is 0 Å². The fraction of sp³-hybridized carbons (Fsp3) is 0.0952. The van der Waals surface area contributed by atoms with Gasteiger partial charge in [0.05, 0.1) is 27.3 Å². The summed E-state index contributed by atoms with van der Waals surface area (Å²) >= 11 is 2.88. The summed E-state index contributed by atoms with van der Waals surface area (Å²) in [5.41, 5.74) is 3.22. The molecule has 0 fully saturated rings. The summed E-state index contributed by atoms with van der Waals surface area (Å²) in [5.74, 6) is -0.197. The Hall–Kier alpha value is -3.43. The smallest absolute Gasteiger partial charge is 0.269 e. The van der Waals surface area contributed by atoms with E-state index in [0.717, 1.165) is 32.1 Å². The molecule has 0 aliphatic rings. The van der Waals surface area contributed by atoms with Gasteiger partial charge in [-0.1, -0.05) is 12.1 Å². The SMILES string of the molecule is Cc1csc(NC(=O)C/C(=C/c2ccc([N+](=O)[O-])cc2)c2nc3ccccc3s2)n1. The number of aryl methyl sites for hydroxylation is 1. The Morgan fingerprint density at radius 3 is 2.60 bits per heavy atom. The van der Waals surface area contributed by atoms with Crippen molar-refractivity contribution < 1.29 is 9.72 Å². The van der Waals surface area contributed by atoms with Crippen molar-refractivity contribution in [2.75, 3.05) is 5.32 Å². The van der Waals surface area contributed by atoms with Crippen LogP contribution >= 0.6 is 22.7 Å². The molecule has 0 bridgehead atoms. The van der Waals surface area contributed by atoms with E-state index in [2.05, 4.69) is 15.3 Å². The van der Waals surface area contributed by atoms with Crippen molar-refractivity contribution in [2.45, 2.75) is 13.3 Å². The highest BCUT2D eigenvalue weighted by molar-refractivity contribution is 7.19. The van der Waals surface area contributed by atoms with Crippen molar-refractivity contribution in [2.24, 2.45) is 0 Å². The van der Waals surface area contributed by atoms with E-state index >= 15 is 0 Å². The maximum absolute atomic E-state index is 12.7. The summed E-state index contributed by atoms with van der Waals surface area (Å²) < 4.78 is 1.03. The van der Waals surface area contributed by atoms with Gasteiger partial charge < -0.3 is 5.32 Å². The number of carbonyl (C=O) groups excluding carboxylic acids is 1. The molecule has 9 heteroatoms. The normalized spacial score (nSPS) is 11.6. The van der Waals surface area contributed by atoms with Gasteiger partial charge in [0, 0.05) is 17.5 Å². The number of hydrogen-bond donors (Lipinski definition) is 1. The second-order valence-corrected chi connectivity index (χ2v) is 8.41. The molecule has 0 atom stereocenters. The summed E-state index contributed by atoms with van der Waals surface area (Å²) in [6, 6.07) is 14.0. The fourth-order valence-electron chi connectivity index (χ4n) is 2.84. The molecule has 0 aliphatic carbocycles. The molecule has 7 nitrogen and oxygen atoms in total. The van der Waals surface area contributed by atoms with E-state index in [9.17, 15) is 14.9 Å². The van der Waals surface area contributed by atoms with Crippen LogP contribution in [0.1, 0.15) is 22.7 Å². The summed E-state index contributed by atoms with van der Waals surface area (Å²) in [7, 11) is 0. The number of non-ortho nitro benzene ring substituents is 1. The molecule has 0 spiro atoms. The maximum Gasteiger partial charge on any atom is 0.269 e. The Labute approximate surface area is 179 Å². The van der Waals surface area contributed by atoms with Crippen molar-refractivity contribution in [3.05, 3.63) is 80.3 Å². The Morgan fingerprint density at radius 1 is 1.17 bits per heavy atom. The summed E-state index contributed by atoms with van der Waals surface area (Å²) in [6.07, 6.45) is 1.95. The molecular weight excluding hydrogens is 420 g/mol. The van der Waals surface area contributed by atoms with Crippen molar-refractivity contribution in [1.29, 1.82) is 0 Å². The number of nitro benzene ring substituents is 1. The first-order valence-corrected chi connectivity index (χ1v) is 10.7. The molecule has 1 N–H and O–H groups in total. The number of nitrogens with one attached hydrogen (secondary N) is 1. The van der Waals surface area contributed by atoms with Crippen molar-refractivity contribution in [3.63, 3.8) is 0 Å². The van der Waals surface area contributed by atoms with E-state index in [1.807, 2.05) is 42.6 Å². The number of fused-ring (bicyclic) bond motifs is 1. The van der Waals surface area contributed by atoms with Crippen LogP contribution in [0.3, 0.4) is 0 Å². The molecule has 0 unspecified atom stereocenters. The zero-order chi connectivity index (χ0) is 21.1. The predicted molar refractivity (Wildman–Crippen MR) is 121 cm³/mol. The van der Waals surface area contributed by atoms with Crippen molar-refractivity contribution in [1.82, 2.24) is 9.97 Å². The van der Waals surface area contributed by atoms with Gasteiger partial charge in [0.1, 0.15) is 5.01 Å². The van der Waals surface area contributed by atoms with Gasteiger partial charge in [-0.25, -0.2) is 9.97 Å². The number of anilines is 1. The van der Waals surface area contributed by atoms with Gasteiger partial charge in [0.15, 0.2) is 5.13 Å². The Bertz CT molecular complexity index is 1230. The Morgan fingerprint density at radius 2 is 1.93 bits per heavy atom. The fourth-order valence-corrected chi connectivity index (χ4v) is 4.52. The second kappa shape index (κ2) is 8.52. The van der Waals surface area contributed by atoms with E-state index < -0.39 is 4.92 Å². The average Bonchev–Trinajstić information content (AvgIpc) is 3.33. The number of benzene rings is 2. The number of amides is 1. The number of thiazole rings is 2. The lowest BCUT2D eigenvalue weighted by Gasteiger charge is -2.05. The van der Waals surface area contributed by atoms with Gasteiger partial charge in [0.2, 0.25) is 5.91 Å². The highest BCUT2D eigenvalue weighted by Gasteiger charge is 2.15. The standard InChI is InChI=1S/C21H16N4O3S2/c1-13-12-29-21(22-13)24-19(26)11-15(10-14-6-8-16(9-7-14)25(27)28)20-23-17-4-2-3-5-18(17)30-20/h2-10,12H,11H2,1H3,(H,22,24,26)/b15-10-.